The van der Waals surface area contributed by atoms with Crippen LogP contribution in [0, 0.1) is 11.3 Å². The topological polar surface area (TPSA) is 39.5 Å². The summed E-state index contributed by atoms with van der Waals surface area (Å²) >= 11 is 0. The number of likely N-dealkylation sites (N-methyl/N-ethyl adjacent to an activating group) is 1. The zero-order valence-corrected chi connectivity index (χ0v) is 13.1. The van der Waals surface area contributed by atoms with E-state index < -0.39 is 0 Å². The largest absolute Gasteiger partial charge is 0.492 e. The number of ether oxygens (including phenoxy) is 1. The van der Waals surface area contributed by atoms with E-state index in [1.807, 2.05) is 12.1 Å². The van der Waals surface area contributed by atoms with E-state index in [1.165, 1.54) is 25.9 Å². The van der Waals surface area contributed by atoms with Crippen LogP contribution in [0.3, 0.4) is 0 Å². The Balaban J connectivity index is 1.69. The van der Waals surface area contributed by atoms with Crippen LogP contribution >= 0.6 is 0 Å². The Hall–Kier alpha value is -1.57. The van der Waals surface area contributed by atoms with E-state index in [-0.39, 0.29) is 0 Å². The number of nitriles is 1. The van der Waals surface area contributed by atoms with Gasteiger partial charge in [0, 0.05) is 12.6 Å². The molecule has 1 aliphatic rings. The summed E-state index contributed by atoms with van der Waals surface area (Å²) in [6.45, 7) is 7.45. The second kappa shape index (κ2) is 8.02. The third-order valence-electron chi connectivity index (χ3n) is 4.32. The molecule has 1 aliphatic heterocycles. The van der Waals surface area contributed by atoms with E-state index in [4.69, 9.17) is 10.00 Å². The number of benzene rings is 1. The van der Waals surface area contributed by atoms with Crippen LogP contribution in [0.25, 0.3) is 0 Å². The van der Waals surface area contributed by atoms with E-state index in [2.05, 4.69) is 29.8 Å². The maximum atomic E-state index is 8.76. The summed E-state index contributed by atoms with van der Waals surface area (Å²) in [5.74, 6) is 0.836. The highest BCUT2D eigenvalue weighted by Crippen LogP contribution is 2.15. The van der Waals surface area contributed by atoms with Gasteiger partial charge in [-0.3, -0.25) is 4.90 Å². The number of hydrogen-bond donors (Lipinski definition) is 0. The van der Waals surface area contributed by atoms with Crippen LogP contribution in [0.4, 0.5) is 0 Å². The van der Waals surface area contributed by atoms with Crippen LogP contribution in [-0.2, 0) is 0 Å². The lowest BCUT2D eigenvalue weighted by molar-refractivity contribution is 0.118. The first-order valence-electron chi connectivity index (χ1n) is 7.78. The number of piperidine rings is 1. The Kier molecular flexibility index (Phi) is 6.04. The van der Waals surface area contributed by atoms with Crippen LogP contribution in [0.5, 0.6) is 5.75 Å². The van der Waals surface area contributed by atoms with Crippen molar-refractivity contribution >= 4 is 0 Å². The van der Waals surface area contributed by atoms with Crippen LogP contribution in [0.15, 0.2) is 24.3 Å². The molecule has 0 saturated carbocycles. The summed E-state index contributed by atoms with van der Waals surface area (Å²) in [5, 5.41) is 8.76. The lowest BCUT2D eigenvalue weighted by Crippen LogP contribution is -2.44. The molecule has 4 nitrogen and oxygen atoms in total. The molecule has 4 heteroatoms. The standard InChI is InChI=1S/C17H25N3O/c1-3-20-10-8-16(9-11-20)19(2)12-13-21-17-6-4-15(14-18)5-7-17/h4-7,16H,3,8-13H2,1-2H3. The van der Waals surface area contributed by atoms with Gasteiger partial charge in [0.25, 0.3) is 0 Å². The monoisotopic (exact) mass is 287 g/mol. The van der Waals surface area contributed by atoms with Gasteiger partial charge in [0.05, 0.1) is 11.6 Å². The van der Waals surface area contributed by atoms with Gasteiger partial charge in [-0.05, 0) is 63.8 Å². The van der Waals surface area contributed by atoms with Crippen molar-refractivity contribution in [1.82, 2.24) is 9.80 Å². The Morgan fingerprint density at radius 2 is 1.95 bits per heavy atom. The number of rotatable bonds is 6. The van der Waals surface area contributed by atoms with Gasteiger partial charge in [0.15, 0.2) is 0 Å². The molecule has 0 aromatic heterocycles. The number of likely N-dealkylation sites (tertiary alicyclic amines) is 1. The third-order valence-corrected chi connectivity index (χ3v) is 4.32. The van der Waals surface area contributed by atoms with Gasteiger partial charge >= 0.3 is 0 Å². The van der Waals surface area contributed by atoms with Crippen molar-refractivity contribution in [3.05, 3.63) is 29.8 Å². The van der Waals surface area contributed by atoms with Crippen LogP contribution in [0.2, 0.25) is 0 Å². The molecule has 0 unspecified atom stereocenters. The average Bonchev–Trinajstić information content (AvgIpc) is 2.55. The lowest BCUT2D eigenvalue weighted by atomic mass is 10.0. The molecule has 1 heterocycles. The summed E-state index contributed by atoms with van der Waals surface area (Å²) in [6, 6.07) is 10.1. The van der Waals surface area contributed by atoms with Gasteiger partial charge in [-0.15, -0.1) is 0 Å². The van der Waals surface area contributed by atoms with Gasteiger partial charge < -0.3 is 9.64 Å². The maximum Gasteiger partial charge on any atom is 0.119 e. The minimum Gasteiger partial charge on any atom is -0.492 e. The quantitative estimate of drug-likeness (QED) is 0.805. The Morgan fingerprint density at radius 1 is 1.29 bits per heavy atom. The third kappa shape index (κ3) is 4.73. The summed E-state index contributed by atoms with van der Waals surface area (Å²) in [4.78, 5) is 4.92. The first-order valence-corrected chi connectivity index (χ1v) is 7.78. The molecule has 0 bridgehead atoms. The molecule has 114 valence electrons. The first-order chi connectivity index (χ1) is 10.2. The SMILES string of the molecule is CCN1CCC(N(C)CCOc2ccc(C#N)cc2)CC1. The molecule has 2 rings (SSSR count). The van der Waals surface area contributed by atoms with Crippen LogP contribution in [0.1, 0.15) is 25.3 Å². The summed E-state index contributed by atoms with van der Waals surface area (Å²) in [6.07, 6.45) is 2.50. The minimum absolute atomic E-state index is 0.669. The van der Waals surface area contributed by atoms with Crippen molar-refractivity contribution < 1.29 is 4.74 Å². The molecule has 0 radical (unpaired) electrons. The predicted molar refractivity (Wildman–Crippen MR) is 84.4 cm³/mol. The smallest absolute Gasteiger partial charge is 0.119 e. The summed E-state index contributed by atoms with van der Waals surface area (Å²) in [7, 11) is 2.19. The normalized spacial score (nSPS) is 16.9. The first kappa shape index (κ1) is 15.8. The van der Waals surface area contributed by atoms with Gasteiger partial charge in [-0.25, -0.2) is 0 Å². The average molecular weight is 287 g/mol. The van der Waals surface area contributed by atoms with Crippen molar-refractivity contribution in [2.45, 2.75) is 25.8 Å². The molecule has 0 amide bonds. The van der Waals surface area contributed by atoms with Crippen molar-refractivity contribution in [3.63, 3.8) is 0 Å². The Labute approximate surface area is 127 Å². The molecular weight excluding hydrogens is 262 g/mol. The Morgan fingerprint density at radius 3 is 2.52 bits per heavy atom. The molecule has 0 spiro atoms. The van der Waals surface area contributed by atoms with E-state index in [1.54, 1.807) is 12.1 Å². The zero-order valence-electron chi connectivity index (χ0n) is 13.1. The highest BCUT2D eigenvalue weighted by Gasteiger charge is 2.21. The van der Waals surface area contributed by atoms with E-state index in [0.29, 0.717) is 18.2 Å². The van der Waals surface area contributed by atoms with Crippen molar-refractivity contribution in [2.24, 2.45) is 0 Å². The highest BCUT2D eigenvalue weighted by molar-refractivity contribution is 5.34. The highest BCUT2D eigenvalue weighted by atomic mass is 16.5. The second-order valence-electron chi connectivity index (χ2n) is 5.63. The van der Waals surface area contributed by atoms with Gasteiger partial charge in [0.1, 0.15) is 12.4 Å². The molecule has 1 aromatic carbocycles. The van der Waals surface area contributed by atoms with E-state index in [0.717, 1.165) is 18.8 Å². The molecule has 1 saturated heterocycles. The fourth-order valence-corrected chi connectivity index (χ4v) is 2.79. The molecule has 1 aromatic rings. The van der Waals surface area contributed by atoms with E-state index in [9.17, 15) is 0 Å². The Bertz CT molecular complexity index is 458. The van der Waals surface area contributed by atoms with Crippen molar-refractivity contribution in [1.29, 1.82) is 5.26 Å². The van der Waals surface area contributed by atoms with Crippen LogP contribution < -0.4 is 4.74 Å². The number of hydrogen-bond acceptors (Lipinski definition) is 4. The second-order valence-corrected chi connectivity index (χ2v) is 5.63. The minimum atomic E-state index is 0.669. The molecular formula is C17H25N3O. The van der Waals surface area contributed by atoms with Crippen molar-refractivity contribution in [3.8, 4) is 11.8 Å². The molecule has 0 atom stereocenters. The van der Waals surface area contributed by atoms with Crippen molar-refractivity contribution in [2.75, 3.05) is 39.8 Å². The molecule has 21 heavy (non-hydrogen) atoms. The summed E-state index contributed by atoms with van der Waals surface area (Å²) < 4.78 is 5.75. The molecule has 0 aliphatic carbocycles. The maximum absolute atomic E-state index is 8.76. The summed E-state index contributed by atoms with van der Waals surface area (Å²) in [5.41, 5.74) is 0.669. The zero-order chi connectivity index (χ0) is 15.1. The fourth-order valence-electron chi connectivity index (χ4n) is 2.79. The molecule has 1 fully saturated rings. The van der Waals surface area contributed by atoms with E-state index >= 15 is 0 Å². The van der Waals surface area contributed by atoms with Gasteiger partial charge in [0.2, 0.25) is 0 Å². The van der Waals surface area contributed by atoms with Gasteiger partial charge in [-0.2, -0.15) is 5.26 Å². The predicted octanol–water partition coefficient (Wildman–Crippen LogP) is 2.35. The van der Waals surface area contributed by atoms with Gasteiger partial charge in [-0.1, -0.05) is 6.92 Å². The number of nitrogens with zero attached hydrogens (tertiary/aromatic N) is 3. The fraction of sp³-hybridized carbons (Fsp3) is 0.588. The lowest BCUT2D eigenvalue weighted by Gasteiger charge is -2.36. The molecule has 0 N–H and O–H groups in total. The van der Waals surface area contributed by atoms with Crippen LogP contribution in [-0.4, -0.2) is 55.7 Å².